The van der Waals surface area contributed by atoms with E-state index in [0.29, 0.717) is 30.4 Å². The van der Waals surface area contributed by atoms with Gasteiger partial charge in [0.2, 0.25) is 0 Å². The molecule has 1 aromatic heterocycles. The summed E-state index contributed by atoms with van der Waals surface area (Å²) in [7, 11) is -1.64. The lowest BCUT2D eigenvalue weighted by atomic mass is 10.3. The lowest BCUT2D eigenvalue weighted by Crippen LogP contribution is -2.44. The second kappa shape index (κ2) is 7.24. The maximum atomic E-state index is 12.7. The van der Waals surface area contributed by atoms with E-state index in [9.17, 15) is 8.42 Å². The Morgan fingerprint density at radius 3 is 2.44 bits per heavy atom. The molecule has 0 atom stereocenters. The third kappa shape index (κ3) is 3.93. The van der Waals surface area contributed by atoms with Crippen LogP contribution in [0.4, 0.5) is 11.5 Å². The first-order valence-corrected chi connectivity index (χ1v) is 10.3. The standard InChI is InChI=1S/C18H22N4O4S/c1-21-6-8-22(9-7-21)18-5-2-14(13-19-18)20-27(23,24)15-3-4-16-17(12-15)26-11-10-25-16/h2-5,12-13,20H,6-11H2,1H3. The third-order valence-electron chi connectivity index (χ3n) is 4.65. The summed E-state index contributed by atoms with van der Waals surface area (Å²) in [4.78, 5) is 9.00. The fourth-order valence-corrected chi connectivity index (χ4v) is 4.13. The van der Waals surface area contributed by atoms with Crippen LogP contribution < -0.4 is 19.1 Å². The normalized spacial score (nSPS) is 17.6. The summed E-state index contributed by atoms with van der Waals surface area (Å²) in [5.41, 5.74) is 0.419. The number of hydrogen-bond acceptors (Lipinski definition) is 7. The topological polar surface area (TPSA) is 84.0 Å². The molecule has 1 aromatic carbocycles. The summed E-state index contributed by atoms with van der Waals surface area (Å²) in [6.07, 6.45) is 1.54. The van der Waals surface area contributed by atoms with Crippen LogP contribution in [0.15, 0.2) is 41.4 Å². The fourth-order valence-electron chi connectivity index (χ4n) is 3.07. The van der Waals surface area contributed by atoms with Gasteiger partial charge >= 0.3 is 0 Å². The van der Waals surface area contributed by atoms with Crippen molar-refractivity contribution in [2.45, 2.75) is 4.90 Å². The monoisotopic (exact) mass is 390 g/mol. The zero-order chi connectivity index (χ0) is 18.9. The first-order valence-electron chi connectivity index (χ1n) is 8.83. The zero-order valence-corrected chi connectivity index (χ0v) is 15.9. The van der Waals surface area contributed by atoms with E-state index < -0.39 is 10.0 Å². The summed E-state index contributed by atoms with van der Waals surface area (Å²) in [5, 5.41) is 0. The number of anilines is 2. The summed E-state index contributed by atoms with van der Waals surface area (Å²) in [6.45, 7) is 4.65. The molecule has 1 fully saturated rings. The molecule has 0 bridgehead atoms. The number of aromatic nitrogens is 1. The van der Waals surface area contributed by atoms with Gasteiger partial charge in [0.05, 0.1) is 16.8 Å². The van der Waals surface area contributed by atoms with Crippen molar-refractivity contribution in [1.82, 2.24) is 9.88 Å². The number of ether oxygens (including phenoxy) is 2. The van der Waals surface area contributed by atoms with Gasteiger partial charge in [0, 0.05) is 32.2 Å². The number of piperazine rings is 1. The van der Waals surface area contributed by atoms with Crippen molar-refractivity contribution in [3.63, 3.8) is 0 Å². The van der Waals surface area contributed by atoms with Crippen LogP contribution >= 0.6 is 0 Å². The Balaban J connectivity index is 1.48. The molecule has 9 heteroatoms. The molecule has 2 aromatic rings. The summed E-state index contributed by atoms with van der Waals surface area (Å²) in [6, 6.07) is 8.16. The van der Waals surface area contributed by atoms with E-state index in [4.69, 9.17) is 9.47 Å². The fraction of sp³-hybridized carbons (Fsp3) is 0.389. The van der Waals surface area contributed by atoms with E-state index in [1.807, 2.05) is 6.07 Å². The van der Waals surface area contributed by atoms with Crippen molar-refractivity contribution in [1.29, 1.82) is 0 Å². The molecule has 27 heavy (non-hydrogen) atoms. The van der Waals surface area contributed by atoms with E-state index in [1.54, 1.807) is 18.3 Å². The van der Waals surface area contributed by atoms with E-state index in [2.05, 4.69) is 26.6 Å². The van der Waals surface area contributed by atoms with Crippen molar-refractivity contribution in [2.75, 3.05) is 56.1 Å². The number of fused-ring (bicyclic) bond motifs is 1. The predicted molar refractivity (Wildman–Crippen MR) is 102 cm³/mol. The molecule has 144 valence electrons. The quantitative estimate of drug-likeness (QED) is 0.845. The molecule has 2 aliphatic heterocycles. The smallest absolute Gasteiger partial charge is 0.262 e. The molecule has 3 heterocycles. The maximum absolute atomic E-state index is 12.7. The molecule has 2 aliphatic rings. The van der Waals surface area contributed by atoms with E-state index in [1.165, 1.54) is 12.1 Å². The number of benzene rings is 1. The van der Waals surface area contributed by atoms with Crippen molar-refractivity contribution >= 4 is 21.5 Å². The van der Waals surface area contributed by atoms with Crippen molar-refractivity contribution < 1.29 is 17.9 Å². The number of pyridine rings is 1. The second-order valence-electron chi connectivity index (χ2n) is 6.61. The van der Waals surface area contributed by atoms with Crippen LogP contribution in [-0.2, 0) is 10.0 Å². The van der Waals surface area contributed by atoms with Crippen LogP contribution in [0, 0.1) is 0 Å². The van der Waals surface area contributed by atoms with Gasteiger partial charge in [-0.25, -0.2) is 13.4 Å². The molecule has 8 nitrogen and oxygen atoms in total. The Kier molecular flexibility index (Phi) is 4.79. The summed E-state index contributed by atoms with van der Waals surface area (Å²) >= 11 is 0. The van der Waals surface area contributed by atoms with Crippen LogP contribution in [0.3, 0.4) is 0 Å². The average Bonchev–Trinajstić information content (AvgIpc) is 2.68. The minimum atomic E-state index is -3.74. The third-order valence-corrected chi connectivity index (χ3v) is 6.03. The highest BCUT2D eigenvalue weighted by Gasteiger charge is 2.20. The molecule has 0 amide bonds. The minimum Gasteiger partial charge on any atom is -0.486 e. The Morgan fingerprint density at radius 2 is 1.74 bits per heavy atom. The molecule has 1 saturated heterocycles. The van der Waals surface area contributed by atoms with Crippen LogP contribution in [0.2, 0.25) is 0 Å². The zero-order valence-electron chi connectivity index (χ0n) is 15.1. The maximum Gasteiger partial charge on any atom is 0.262 e. The lowest BCUT2D eigenvalue weighted by Gasteiger charge is -2.33. The SMILES string of the molecule is CN1CCN(c2ccc(NS(=O)(=O)c3ccc4c(c3)OCCO4)cn2)CC1. The van der Waals surface area contributed by atoms with Crippen LogP contribution in [0.5, 0.6) is 11.5 Å². The van der Waals surface area contributed by atoms with Crippen molar-refractivity contribution in [2.24, 2.45) is 0 Å². The highest BCUT2D eigenvalue weighted by Crippen LogP contribution is 2.32. The van der Waals surface area contributed by atoms with Crippen LogP contribution in [-0.4, -0.2) is 64.7 Å². The van der Waals surface area contributed by atoms with Gasteiger partial charge in [0.1, 0.15) is 19.0 Å². The number of hydrogen-bond donors (Lipinski definition) is 1. The second-order valence-corrected chi connectivity index (χ2v) is 8.29. The van der Waals surface area contributed by atoms with Gasteiger partial charge in [-0.05, 0) is 31.3 Å². The van der Waals surface area contributed by atoms with Crippen LogP contribution in [0.25, 0.3) is 0 Å². The number of nitrogens with one attached hydrogen (secondary N) is 1. The van der Waals surface area contributed by atoms with E-state index >= 15 is 0 Å². The Bertz CT molecular complexity index is 909. The lowest BCUT2D eigenvalue weighted by molar-refractivity contribution is 0.171. The van der Waals surface area contributed by atoms with Gasteiger partial charge in [0.25, 0.3) is 10.0 Å². The number of nitrogens with zero attached hydrogens (tertiary/aromatic N) is 3. The first-order chi connectivity index (χ1) is 13.0. The van der Waals surface area contributed by atoms with Gasteiger partial charge in [-0.2, -0.15) is 0 Å². The molecule has 0 saturated carbocycles. The molecule has 0 aliphatic carbocycles. The van der Waals surface area contributed by atoms with Gasteiger partial charge in [-0.15, -0.1) is 0 Å². The largest absolute Gasteiger partial charge is 0.486 e. The molecule has 0 radical (unpaired) electrons. The number of rotatable bonds is 4. The molecule has 4 rings (SSSR count). The van der Waals surface area contributed by atoms with E-state index in [0.717, 1.165) is 32.0 Å². The van der Waals surface area contributed by atoms with E-state index in [-0.39, 0.29) is 4.90 Å². The Hall–Kier alpha value is -2.52. The van der Waals surface area contributed by atoms with Gasteiger partial charge in [-0.1, -0.05) is 0 Å². The molecular weight excluding hydrogens is 368 g/mol. The summed E-state index contributed by atoms with van der Waals surface area (Å²) in [5.74, 6) is 1.84. The Morgan fingerprint density at radius 1 is 1.00 bits per heavy atom. The minimum absolute atomic E-state index is 0.120. The summed E-state index contributed by atoms with van der Waals surface area (Å²) < 4.78 is 38.8. The highest BCUT2D eigenvalue weighted by atomic mass is 32.2. The Labute approximate surface area is 158 Å². The molecular formula is C18H22N4O4S. The first kappa shape index (κ1) is 17.9. The van der Waals surface area contributed by atoms with Gasteiger partial charge in [-0.3, -0.25) is 4.72 Å². The number of sulfonamides is 1. The average molecular weight is 390 g/mol. The molecule has 0 unspecified atom stereocenters. The van der Waals surface area contributed by atoms with Gasteiger partial charge in [0.15, 0.2) is 11.5 Å². The van der Waals surface area contributed by atoms with Gasteiger partial charge < -0.3 is 19.3 Å². The molecule has 0 spiro atoms. The molecule has 1 N–H and O–H groups in total. The predicted octanol–water partition coefficient (Wildman–Crippen LogP) is 1.41. The highest BCUT2D eigenvalue weighted by molar-refractivity contribution is 7.92. The van der Waals surface area contributed by atoms with Crippen molar-refractivity contribution in [3.8, 4) is 11.5 Å². The van der Waals surface area contributed by atoms with Crippen molar-refractivity contribution in [3.05, 3.63) is 36.5 Å². The number of likely N-dealkylation sites (N-methyl/N-ethyl adjacent to an activating group) is 1. The van der Waals surface area contributed by atoms with Crippen LogP contribution in [0.1, 0.15) is 0 Å².